The minimum Gasteiger partial charge on any atom is -0.368 e. The predicted octanol–water partition coefficient (Wildman–Crippen LogP) is -1.51. The Labute approximate surface area is 63.5 Å². The second kappa shape index (κ2) is 3.77. The highest BCUT2D eigenvalue weighted by molar-refractivity contribution is 5.53. The third-order valence-corrected chi connectivity index (χ3v) is 1.48. The van der Waals surface area contributed by atoms with E-state index in [9.17, 15) is 4.79 Å². The molecule has 2 N–H and O–H groups in total. The Bertz CT molecular complexity index is 127. The highest BCUT2D eigenvalue weighted by atomic mass is 16.7. The first-order chi connectivity index (χ1) is 5.24. The molecule has 1 saturated heterocycles. The summed E-state index contributed by atoms with van der Waals surface area (Å²) in [5.41, 5.74) is 0. The molecule has 1 aliphatic rings. The molecule has 0 unspecified atom stereocenters. The molecule has 0 saturated carbocycles. The zero-order valence-electron chi connectivity index (χ0n) is 5.84. The minimum absolute atomic E-state index is 0.140. The minimum atomic E-state index is -1.44. The maximum Gasteiger partial charge on any atom is 0.214 e. The molecule has 0 aromatic carbocycles. The number of aliphatic hydroxyl groups is 2. The van der Waals surface area contributed by atoms with Gasteiger partial charge < -0.3 is 19.7 Å². The monoisotopic (exact) mass is 162 g/mol. The number of aliphatic hydroxyl groups excluding tert-OH is 1. The fourth-order valence-corrected chi connectivity index (χ4v) is 0.784. The molecule has 1 aliphatic heterocycles. The van der Waals surface area contributed by atoms with Gasteiger partial charge in [-0.2, -0.15) is 0 Å². The standard InChI is InChI=1S/C6H10O5/c7-1-5-10-2-4(3-11-5)6(8)9/h1,4-6,8-9H,2-3H2. The Hall–Kier alpha value is -0.490. The lowest BCUT2D eigenvalue weighted by atomic mass is 10.1. The fraction of sp³-hybridized carbons (Fsp3) is 0.833. The lowest BCUT2D eigenvalue weighted by Crippen LogP contribution is -2.38. The number of ether oxygens (including phenoxy) is 2. The van der Waals surface area contributed by atoms with Crippen molar-refractivity contribution >= 4 is 6.29 Å². The fourth-order valence-electron chi connectivity index (χ4n) is 0.784. The van der Waals surface area contributed by atoms with Gasteiger partial charge in [-0.1, -0.05) is 0 Å². The maximum absolute atomic E-state index is 10.1. The molecule has 0 radical (unpaired) electrons. The third kappa shape index (κ3) is 2.23. The second-order valence-electron chi connectivity index (χ2n) is 2.34. The smallest absolute Gasteiger partial charge is 0.214 e. The van der Waals surface area contributed by atoms with E-state index < -0.39 is 18.5 Å². The summed E-state index contributed by atoms with van der Waals surface area (Å²) in [6.07, 6.45) is -1.76. The SMILES string of the molecule is O=CC1OCC(C(O)O)CO1. The van der Waals surface area contributed by atoms with Crippen molar-refractivity contribution < 1.29 is 24.5 Å². The topological polar surface area (TPSA) is 76.0 Å². The number of aldehydes is 1. The maximum atomic E-state index is 10.1. The average Bonchev–Trinajstić information content (AvgIpc) is 2.05. The van der Waals surface area contributed by atoms with Crippen molar-refractivity contribution in [2.75, 3.05) is 13.2 Å². The number of hydrogen-bond donors (Lipinski definition) is 2. The van der Waals surface area contributed by atoms with Crippen LogP contribution in [0.2, 0.25) is 0 Å². The largest absolute Gasteiger partial charge is 0.368 e. The first kappa shape index (κ1) is 8.61. The number of hydrogen-bond acceptors (Lipinski definition) is 5. The summed E-state index contributed by atoms with van der Waals surface area (Å²) in [5, 5.41) is 17.3. The Morgan fingerprint density at radius 2 is 1.91 bits per heavy atom. The van der Waals surface area contributed by atoms with E-state index in [4.69, 9.17) is 19.7 Å². The van der Waals surface area contributed by atoms with Gasteiger partial charge in [-0.05, 0) is 0 Å². The van der Waals surface area contributed by atoms with Crippen molar-refractivity contribution in [2.45, 2.75) is 12.6 Å². The molecular formula is C6H10O5. The summed E-state index contributed by atoms with van der Waals surface area (Å²) in [7, 11) is 0. The van der Waals surface area contributed by atoms with Crippen LogP contribution in [0.3, 0.4) is 0 Å². The van der Waals surface area contributed by atoms with Crippen LogP contribution in [-0.2, 0) is 14.3 Å². The molecule has 0 atom stereocenters. The Kier molecular flexibility index (Phi) is 2.95. The number of carbonyl (C=O) groups excluding carboxylic acids is 1. The van der Waals surface area contributed by atoms with E-state index in [1.807, 2.05) is 0 Å². The van der Waals surface area contributed by atoms with Crippen molar-refractivity contribution in [3.05, 3.63) is 0 Å². The van der Waals surface area contributed by atoms with Crippen molar-refractivity contribution in [1.82, 2.24) is 0 Å². The summed E-state index contributed by atoms with van der Waals surface area (Å²) in [6, 6.07) is 0. The van der Waals surface area contributed by atoms with Gasteiger partial charge in [0.1, 0.15) is 0 Å². The van der Waals surface area contributed by atoms with E-state index in [0.717, 1.165) is 0 Å². The van der Waals surface area contributed by atoms with Gasteiger partial charge in [0.15, 0.2) is 12.6 Å². The molecule has 0 aromatic rings. The molecule has 1 rings (SSSR count). The van der Waals surface area contributed by atoms with Crippen LogP contribution in [0.4, 0.5) is 0 Å². The van der Waals surface area contributed by atoms with Crippen LogP contribution in [0.5, 0.6) is 0 Å². The Balaban J connectivity index is 2.29. The highest BCUT2D eigenvalue weighted by Crippen LogP contribution is 2.11. The quantitative estimate of drug-likeness (QED) is 0.381. The van der Waals surface area contributed by atoms with Gasteiger partial charge in [-0.15, -0.1) is 0 Å². The molecular weight excluding hydrogens is 152 g/mol. The summed E-state index contributed by atoms with van der Waals surface area (Å²) in [5.74, 6) is -0.453. The Morgan fingerprint density at radius 3 is 2.27 bits per heavy atom. The predicted molar refractivity (Wildman–Crippen MR) is 33.5 cm³/mol. The summed E-state index contributed by atoms with van der Waals surface area (Å²) in [4.78, 5) is 10.1. The van der Waals surface area contributed by atoms with Crippen LogP contribution in [0, 0.1) is 5.92 Å². The van der Waals surface area contributed by atoms with E-state index >= 15 is 0 Å². The van der Waals surface area contributed by atoms with Gasteiger partial charge in [0.2, 0.25) is 6.29 Å². The molecule has 5 nitrogen and oxygen atoms in total. The third-order valence-electron chi connectivity index (χ3n) is 1.48. The second-order valence-corrected chi connectivity index (χ2v) is 2.34. The molecule has 5 heteroatoms. The summed E-state index contributed by atoms with van der Waals surface area (Å²) >= 11 is 0. The van der Waals surface area contributed by atoms with Crippen LogP contribution in [0.25, 0.3) is 0 Å². The molecule has 11 heavy (non-hydrogen) atoms. The van der Waals surface area contributed by atoms with Gasteiger partial charge in [0.05, 0.1) is 19.1 Å². The van der Waals surface area contributed by atoms with Crippen molar-refractivity contribution in [2.24, 2.45) is 5.92 Å². The van der Waals surface area contributed by atoms with Crippen LogP contribution in [0.1, 0.15) is 0 Å². The lowest BCUT2D eigenvalue weighted by molar-refractivity contribution is -0.226. The Morgan fingerprint density at radius 1 is 1.36 bits per heavy atom. The van der Waals surface area contributed by atoms with Gasteiger partial charge in [0.25, 0.3) is 0 Å². The van der Waals surface area contributed by atoms with Crippen LogP contribution >= 0.6 is 0 Å². The van der Waals surface area contributed by atoms with Crippen molar-refractivity contribution in [1.29, 1.82) is 0 Å². The van der Waals surface area contributed by atoms with Gasteiger partial charge in [-0.25, -0.2) is 0 Å². The van der Waals surface area contributed by atoms with E-state index in [1.54, 1.807) is 0 Å². The van der Waals surface area contributed by atoms with E-state index in [1.165, 1.54) is 0 Å². The van der Waals surface area contributed by atoms with E-state index in [2.05, 4.69) is 0 Å². The highest BCUT2D eigenvalue weighted by Gasteiger charge is 2.25. The number of rotatable bonds is 2. The zero-order valence-corrected chi connectivity index (χ0v) is 5.84. The molecule has 0 amide bonds. The van der Waals surface area contributed by atoms with Gasteiger partial charge in [0, 0.05) is 0 Å². The molecule has 1 fully saturated rings. The van der Waals surface area contributed by atoms with Crippen LogP contribution < -0.4 is 0 Å². The summed E-state index contributed by atoms with van der Waals surface area (Å²) in [6.45, 7) is 0.280. The lowest BCUT2D eigenvalue weighted by Gasteiger charge is -2.27. The molecule has 1 heterocycles. The molecule has 0 aliphatic carbocycles. The van der Waals surface area contributed by atoms with Crippen LogP contribution in [0.15, 0.2) is 0 Å². The average molecular weight is 162 g/mol. The zero-order chi connectivity index (χ0) is 8.27. The molecule has 0 spiro atoms. The normalized spacial score (nSPS) is 32.3. The van der Waals surface area contributed by atoms with Crippen LogP contribution in [-0.4, -0.2) is 42.3 Å². The van der Waals surface area contributed by atoms with Crippen molar-refractivity contribution in [3.8, 4) is 0 Å². The first-order valence-electron chi connectivity index (χ1n) is 3.28. The summed E-state index contributed by atoms with van der Waals surface area (Å²) < 4.78 is 9.58. The van der Waals surface area contributed by atoms with E-state index in [-0.39, 0.29) is 13.2 Å². The van der Waals surface area contributed by atoms with Gasteiger partial charge in [-0.3, -0.25) is 4.79 Å². The molecule has 64 valence electrons. The molecule has 0 aromatic heterocycles. The van der Waals surface area contributed by atoms with E-state index in [0.29, 0.717) is 6.29 Å². The van der Waals surface area contributed by atoms with Crippen molar-refractivity contribution in [3.63, 3.8) is 0 Å². The molecule has 0 bridgehead atoms. The number of carbonyl (C=O) groups is 1. The van der Waals surface area contributed by atoms with Gasteiger partial charge >= 0.3 is 0 Å². The first-order valence-corrected chi connectivity index (χ1v) is 3.28.